The fraction of sp³-hybridized carbons (Fsp3) is 0.231. The van der Waals surface area contributed by atoms with Gasteiger partial charge in [0.2, 0.25) is 0 Å². The summed E-state index contributed by atoms with van der Waals surface area (Å²) in [5, 5.41) is 2.93. The second kappa shape index (κ2) is 9.04. The standard InChI is InChI=1S/C26H26N2O3/c1-3-31-23-12-10-22(11-13-23)27-25(29)20-9-14-24-19(17-20)8-5-15-28(24)26(30)21-7-4-6-18(2)16-21/h4,6-7,9-14,16-17H,3,5,8,15H2,1-2H3,(H,27,29). The average molecular weight is 415 g/mol. The zero-order valence-corrected chi connectivity index (χ0v) is 17.9. The van der Waals surface area contributed by atoms with Crippen molar-refractivity contribution in [1.82, 2.24) is 0 Å². The van der Waals surface area contributed by atoms with E-state index in [2.05, 4.69) is 5.32 Å². The van der Waals surface area contributed by atoms with Crippen LogP contribution in [0.1, 0.15) is 45.2 Å². The number of fused-ring (bicyclic) bond motifs is 1. The normalized spacial score (nSPS) is 12.8. The quantitative estimate of drug-likeness (QED) is 0.621. The third kappa shape index (κ3) is 4.61. The molecule has 158 valence electrons. The molecule has 4 rings (SSSR count). The van der Waals surface area contributed by atoms with Gasteiger partial charge in [-0.25, -0.2) is 0 Å². The monoisotopic (exact) mass is 414 g/mol. The first-order valence-corrected chi connectivity index (χ1v) is 10.6. The Morgan fingerprint density at radius 2 is 1.81 bits per heavy atom. The zero-order valence-electron chi connectivity index (χ0n) is 17.9. The maximum absolute atomic E-state index is 13.1. The molecule has 0 saturated carbocycles. The lowest BCUT2D eigenvalue weighted by molar-refractivity contribution is 0.0984. The highest BCUT2D eigenvalue weighted by atomic mass is 16.5. The minimum Gasteiger partial charge on any atom is -0.494 e. The van der Waals surface area contributed by atoms with Crippen molar-refractivity contribution in [3.05, 3.63) is 89.0 Å². The molecule has 1 aliphatic heterocycles. The largest absolute Gasteiger partial charge is 0.494 e. The van der Waals surface area contributed by atoms with E-state index in [0.29, 0.717) is 30.0 Å². The van der Waals surface area contributed by atoms with Crippen LogP contribution >= 0.6 is 0 Å². The highest BCUT2D eigenvalue weighted by Gasteiger charge is 2.24. The summed E-state index contributed by atoms with van der Waals surface area (Å²) in [6.45, 7) is 5.19. The molecule has 0 spiro atoms. The molecule has 0 saturated heterocycles. The number of hydrogen-bond acceptors (Lipinski definition) is 3. The summed E-state index contributed by atoms with van der Waals surface area (Å²) in [5.74, 6) is 0.595. The maximum Gasteiger partial charge on any atom is 0.258 e. The van der Waals surface area contributed by atoms with Crippen LogP contribution in [0.15, 0.2) is 66.7 Å². The molecule has 0 bridgehead atoms. The van der Waals surface area contributed by atoms with Gasteiger partial charge in [0.1, 0.15) is 5.75 Å². The second-order valence-electron chi connectivity index (χ2n) is 7.68. The maximum atomic E-state index is 13.1. The molecule has 0 radical (unpaired) electrons. The van der Waals surface area contributed by atoms with Crippen LogP contribution in [-0.4, -0.2) is 25.0 Å². The third-order valence-electron chi connectivity index (χ3n) is 5.39. The molecule has 3 aromatic rings. The lowest BCUT2D eigenvalue weighted by Gasteiger charge is -2.30. The molecular formula is C26H26N2O3. The van der Waals surface area contributed by atoms with Gasteiger partial charge in [-0.3, -0.25) is 9.59 Å². The van der Waals surface area contributed by atoms with Crippen molar-refractivity contribution in [1.29, 1.82) is 0 Å². The third-order valence-corrected chi connectivity index (χ3v) is 5.39. The smallest absolute Gasteiger partial charge is 0.258 e. The van der Waals surface area contributed by atoms with Crippen LogP contribution in [0.3, 0.4) is 0 Å². The first kappa shape index (κ1) is 20.7. The highest BCUT2D eigenvalue weighted by Crippen LogP contribution is 2.30. The van der Waals surface area contributed by atoms with Gasteiger partial charge in [-0.15, -0.1) is 0 Å². The fourth-order valence-corrected chi connectivity index (χ4v) is 3.89. The van der Waals surface area contributed by atoms with Gasteiger partial charge >= 0.3 is 0 Å². The van der Waals surface area contributed by atoms with Gasteiger partial charge in [0, 0.05) is 29.0 Å². The number of ether oxygens (including phenoxy) is 1. The number of aryl methyl sites for hydroxylation is 2. The van der Waals surface area contributed by atoms with Crippen molar-refractivity contribution < 1.29 is 14.3 Å². The Balaban J connectivity index is 1.52. The first-order chi connectivity index (χ1) is 15.0. The minimum atomic E-state index is -0.172. The Kier molecular flexibility index (Phi) is 6.03. The van der Waals surface area contributed by atoms with Gasteiger partial charge in [0.25, 0.3) is 11.8 Å². The molecule has 5 nitrogen and oxygen atoms in total. The Labute approximate surface area is 182 Å². The van der Waals surface area contributed by atoms with Crippen LogP contribution in [0, 0.1) is 6.92 Å². The number of carbonyl (C=O) groups is 2. The number of rotatable bonds is 5. The van der Waals surface area contributed by atoms with Crippen molar-refractivity contribution >= 4 is 23.2 Å². The number of anilines is 2. The molecule has 2 amide bonds. The van der Waals surface area contributed by atoms with Crippen LogP contribution < -0.4 is 15.0 Å². The highest BCUT2D eigenvalue weighted by molar-refractivity contribution is 6.08. The predicted octanol–water partition coefficient (Wildman–Crippen LogP) is 5.24. The summed E-state index contributed by atoms with van der Waals surface area (Å²) < 4.78 is 5.44. The second-order valence-corrected chi connectivity index (χ2v) is 7.68. The van der Waals surface area contributed by atoms with E-state index in [4.69, 9.17) is 4.74 Å². The summed E-state index contributed by atoms with van der Waals surface area (Å²) >= 11 is 0. The first-order valence-electron chi connectivity index (χ1n) is 10.6. The SMILES string of the molecule is CCOc1ccc(NC(=O)c2ccc3c(c2)CCCN3C(=O)c2cccc(C)c2)cc1. The molecule has 0 fully saturated rings. The van der Waals surface area contributed by atoms with E-state index >= 15 is 0 Å². The molecule has 0 unspecified atom stereocenters. The van der Waals surface area contributed by atoms with E-state index in [0.717, 1.165) is 35.4 Å². The number of amides is 2. The fourth-order valence-electron chi connectivity index (χ4n) is 3.89. The van der Waals surface area contributed by atoms with Crippen LogP contribution in [0.5, 0.6) is 5.75 Å². The van der Waals surface area contributed by atoms with E-state index in [1.807, 2.05) is 79.4 Å². The Morgan fingerprint density at radius 3 is 2.55 bits per heavy atom. The minimum absolute atomic E-state index is 0.00348. The summed E-state index contributed by atoms with van der Waals surface area (Å²) in [5.41, 5.74) is 4.94. The number of benzene rings is 3. The van der Waals surface area contributed by atoms with Crippen molar-refractivity contribution in [2.24, 2.45) is 0 Å². The predicted molar refractivity (Wildman–Crippen MR) is 123 cm³/mol. The molecule has 1 aliphatic rings. The summed E-state index contributed by atoms with van der Waals surface area (Å²) in [4.78, 5) is 27.7. The van der Waals surface area contributed by atoms with Crippen LogP contribution in [0.2, 0.25) is 0 Å². The molecule has 0 atom stereocenters. The van der Waals surface area contributed by atoms with E-state index in [-0.39, 0.29) is 11.8 Å². The lowest BCUT2D eigenvalue weighted by atomic mass is 9.98. The van der Waals surface area contributed by atoms with Gasteiger partial charge in [0.15, 0.2) is 0 Å². The van der Waals surface area contributed by atoms with Crippen molar-refractivity contribution in [3.8, 4) is 5.75 Å². The Bertz CT molecular complexity index is 1110. The van der Waals surface area contributed by atoms with Gasteiger partial charge < -0.3 is 15.0 Å². The molecule has 0 aromatic heterocycles. The van der Waals surface area contributed by atoms with Gasteiger partial charge in [-0.2, -0.15) is 0 Å². The number of hydrogen-bond donors (Lipinski definition) is 1. The van der Waals surface area contributed by atoms with Crippen LogP contribution in [0.25, 0.3) is 0 Å². The molecule has 1 heterocycles. The van der Waals surface area contributed by atoms with E-state index in [1.165, 1.54) is 0 Å². The molecule has 31 heavy (non-hydrogen) atoms. The van der Waals surface area contributed by atoms with Gasteiger partial charge in [-0.05, 0) is 86.8 Å². The van der Waals surface area contributed by atoms with Crippen molar-refractivity contribution in [2.45, 2.75) is 26.7 Å². The number of nitrogens with one attached hydrogen (secondary N) is 1. The molecule has 1 N–H and O–H groups in total. The van der Waals surface area contributed by atoms with E-state index in [9.17, 15) is 9.59 Å². The van der Waals surface area contributed by atoms with E-state index in [1.54, 1.807) is 6.07 Å². The number of carbonyl (C=O) groups excluding carboxylic acids is 2. The van der Waals surface area contributed by atoms with E-state index < -0.39 is 0 Å². The average Bonchev–Trinajstić information content (AvgIpc) is 2.79. The Morgan fingerprint density at radius 1 is 1.00 bits per heavy atom. The van der Waals surface area contributed by atoms with Gasteiger partial charge in [0.05, 0.1) is 6.61 Å². The topological polar surface area (TPSA) is 58.6 Å². The molecule has 0 aliphatic carbocycles. The van der Waals surface area contributed by atoms with Crippen LogP contribution in [-0.2, 0) is 6.42 Å². The molecule has 5 heteroatoms. The number of nitrogens with zero attached hydrogens (tertiary/aromatic N) is 1. The molecule has 3 aromatic carbocycles. The van der Waals surface area contributed by atoms with Crippen LogP contribution in [0.4, 0.5) is 11.4 Å². The van der Waals surface area contributed by atoms with Gasteiger partial charge in [-0.1, -0.05) is 17.7 Å². The molecular weight excluding hydrogens is 388 g/mol. The zero-order chi connectivity index (χ0) is 21.8. The summed E-state index contributed by atoms with van der Waals surface area (Å²) in [6.07, 6.45) is 1.71. The van der Waals surface area contributed by atoms with Crippen molar-refractivity contribution in [3.63, 3.8) is 0 Å². The summed E-state index contributed by atoms with van der Waals surface area (Å²) in [7, 11) is 0. The summed E-state index contributed by atoms with van der Waals surface area (Å²) in [6, 6.07) is 20.5. The Hall–Kier alpha value is -3.60. The van der Waals surface area contributed by atoms with Crippen molar-refractivity contribution in [2.75, 3.05) is 23.4 Å². The lowest BCUT2D eigenvalue weighted by Crippen LogP contribution is -2.35.